The molecule has 2 atom stereocenters. The lowest BCUT2D eigenvalue weighted by Gasteiger charge is -2.25. The summed E-state index contributed by atoms with van der Waals surface area (Å²) in [6, 6.07) is 12.3. The molecule has 34 heavy (non-hydrogen) atoms. The minimum Gasteiger partial charge on any atom is -0.481 e. The van der Waals surface area contributed by atoms with E-state index in [1.165, 1.54) is 6.08 Å². The van der Waals surface area contributed by atoms with Gasteiger partial charge in [-0.2, -0.15) is 0 Å². The van der Waals surface area contributed by atoms with Crippen LogP contribution < -0.4 is 10.4 Å². The van der Waals surface area contributed by atoms with E-state index in [0.29, 0.717) is 30.0 Å². The number of likely N-dealkylation sites (tertiary alicyclic amines) is 1. The number of hydrazine groups is 1. The van der Waals surface area contributed by atoms with Crippen molar-refractivity contribution in [2.75, 3.05) is 25.1 Å². The Morgan fingerprint density at radius 1 is 1.15 bits per heavy atom. The number of carbonyl (C=O) groups is 3. The summed E-state index contributed by atoms with van der Waals surface area (Å²) in [4.78, 5) is 43.2. The summed E-state index contributed by atoms with van der Waals surface area (Å²) in [5.41, 5.74) is 3.62. The lowest BCUT2D eigenvalue weighted by Crippen LogP contribution is -2.47. The molecular weight excluding hydrogens is 436 g/mol. The summed E-state index contributed by atoms with van der Waals surface area (Å²) in [6.07, 6.45) is 3.76. The van der Waals surface area contributed by atoms with Gasteiger partial charge in [-0.1, -0.05) is 24.3 Å². The van der Waals surface area contributed by atoms with Crippen molar-refractivity contribution in [2.45, 2.75) is 32.3 Å². The summed E-state index contributed by atoms with van der Waals surface area (Å²) in [6.45, 7) is 6.32. The van der Waals surface area contributed by atoms with E-state index < -0.39 is 29.5 Å². The van der Waals surface area contributed by atoms with Gasteiger partial charge in [0.05, 0.1) is 11.6 Å². The van der Waals surface area contributed by atoms with Crippen LogP contribution in [-0.4, -0.2) is 58.7 Å². The molecule has 2 heterocycles. The average Bonchev–Trinajstić information content (AvgIpc) is 3.17. The number of ether oxygens (including phenoxy) is 1. The maximum absolute atomic E-state index is 12.9. The van der Waals surface area contributed by atoms with Crippen molar-refractivity contribution >= 4 is 29.7 Å². The molecule has 2 N–H and O–H groups in total. The molecule has 1 aromatic carbocycles. The highest BCUT2D eigenvalue weighted by molar-refractivity contribution is 6.04. The topological polar surface area (TPSA) is 112 Å². The number of hydrogen-bond donors (Lipinski definition) is 2. The number of likely N-dealkylation sites (N-methyl/N-ethyl adjacent to an activating group) is 1. The molecule has 180 valence electrons. The van der Waals surface area contributed by atoms with Gasteiger partial charge in [0, 0.05) is 37.0 Å². The number of amides is 2. The monoisotopic (exact) mass is 466 g/mol. The third-order valence-electron chi connectivity index (χ3n) is 5.26. The second kappa shape index (κ2) is 10.5. The molecule has 1 aliphatic rings. The van der Waals surface area contributed by atoms with E-state index >= 15 is 0 Å². The van der Waals surface area contributed by atoms with E-state index in [-0.39, 0.29) is 5.92 Å². The van der Waals surface area contributed by atoms with Crippen molar-refractivity contribution in [1.82, 2.24) is 15.3 Å². The average molecular weight is 467 g/mol. The number of benzene rings is 1. The van der Waals surface area contributed by atoms with Crippen LogP contribution in [0.5, 0.6) is 0 Å². The zero-order valence-corrected chi connectivity index (χ0v) is 19.8. The molecule has 2 amide bonds. The first-order valence-corrected chi connectivity index (χ1v) is 11.0. The minimum atomic E-state index is -0.829. The van der Waals surface area contributed by atoms with Gasteiger partial charge in [0.1, 0.15) is 5.60 Å². The standard InChI is InChI=1S/C25H30N4O5/c1-25(2,3)34-24(33)27-29(18-8-6-5-7-9-18)22(30)13-11-17-10-12-21(26-14-17)19-15-28(4)16-20(19)23(31)32/h5-14,19-20H,15-16H2,1-4H3,(H,27,33)(H,31,32). The highest BCUT2D eigenvalue weighted by Crippen LogP contribution is 2.31. The number of carboxylic acid groups (broad SMARTS) is 1. The number of para-hydroxylation sites is 1. The van der Waals surface area contributed by atoms with E-state index in [0.717, 1.165) is 5.01 Å². The lowest BCUT2D eigenvalue weighted by atomic mass is 9.92. The van der Waals surface area contributed by atoms with E-state index in [1.807, 2.05) is 11.9 Å². The van der Waals surface area contributed by atoms with Crippen LogP contribution in [0.3, 0.4) is 0 Å². The highest BCUT2D eigenvalue weighted by atomic mass is 16.6. The van der Waals surface area contributed by atoms with Crippen LogP contribution in [0.4, 0.5) is 10.5 Å². The summed E-state index contributed by atoms with van der Waals surface area (Å²) in [7, 11) is 1.89. The molecule has 0 saturated carbocycles. The third kappa shape index (κ3) is 6.64. The maximum atomic E-state index is 12.9. The van der Waals surface area contributed by atoms with E-state index in [1.54, 1.807) is 75.5 Å². The Morgan fingerprint density at radius 3 is 2.44 bits per heavy atom. The Hall–Kier alpha value is -3.72. The number of hydrogen-bond acceptors (Lipinski definition) is 6. The molecule has 0 aliphatic carbocycles. The van der Waals surface area contributed by atoms with Crippen molar-refractivity contribution in [3.63, 3.8) is 0 Å². The predicted molar refractivity (Wildman–Crippen MR) is 128 cm³/mol. The van der Waals surface area contributed by atoms with Crippen LogP contribution in [-0.2, 0) is 14.3 Å². The molecule has 0 spiro atoms. The maximum Gasteiger partial charge on any atom is 0.427 e. The molecule has 3 rings (SSSR count). The molecule has 1 fully saturated rings. The Kier molecular flexibility index (Phi) is 7.68. The molecule has 9 heteroatoms. The van der Waals surface area contributed by atoms with E-state index in [9.17, 15) is 19.5 Å². The number of carboxylic acids is 1. The number of aromatic nitrogens is 1. The van der Waals surface area contributed by atoms with Crippen molar-refractivity contribution < 1.29 is 24.2 Å². The normalized spacial score (nSPS) is 18.6. The van der Waals surface area contributed by atoms with Gasteiger partial charge in [-0.3, -0.25) is 14.6 Å². The van der Waals surface area contributed by atoms with Gasteiger partial charge >= 0.3 is 12.1 Å². The zero-order valence-electron chi connectivity index (χ0n) is 19.8. The van der Waals surface area contributed by atoms with Gasteiger partial charge in [-0.05, 0) is 57.7 Å². The van der Waals surface area contributed by atoms with Crippen molar-refractivity contribution in [3.8, 4) is 0 Å². The van der Waals surface area contributed by atoms with Crippen molar-refractivity contribution in [2.24, 2.45) is 5.92 Å². The van der Waals surface area contributed by atoms with Crippen LogP contribution in [0.1, 0.15) is 37.9 Å². The third-order valence-corrected chi connectivity index (χ3v) is 5.26. The Balaban J connectivity index is 1.73. The second-order valence-corrected chi connectivity index (χ2v) is 9.25. The number of rotatable bonds is 5. The number of aliphatic carboxylic acids is 1. The summed E-state index contributed by atoms with van der Waals surface area (Å²) >= 11 is 0. The molecule has 1 saturated heterocycles. The van der Waals surface area contributed by atoms with Gasteiger partial charge < -0.3 is 14.7 Å². The van der Waals surface area contributed by atoms with Gasteiger partial charge in [-0.25, -0.2) is 15.2 Å². The molecule has 2 aromatic rings. The van der Waals surface area contributed by atoms with Crippen molar-refractivity contribution in [1.29, 1.82) is 0 Å². The fraction of sp³-hybridized carbons (Fsp3) is 0.360. The van der Waals surface area contributed by atoms with Gasteiger partial charge in [0.2, 0.25) is 0 Å². The largest absolute Gasteiger partial charge is 0.481 e. The van der Waals surface area contributed by atoms with Crippen LogP contribution in [0.2, 0.25) is 0 Å². The zero-order chi connectivity index (χ0) is 24.9. The highest BCUT2D eigenvalue weighted by Gasteiger charge is 2.37. The van der Waals surface area contributed by atoms with Crippen LogP contribution in [0, 0.1) is 5.92 Å². The number of pyridine rings is 1. The summed E-state index contributed by atoms with van der Waals surface area (Å²) in [5, 5.41) is 10.6. The van der Waals surface area contributed by atoms with Crippen LogP contribution in [0.15, 0.2) is 54.7 Å². The van der Waals surface area contributed by atoms with Crippen LogP contribution >= 0.6 is 0 Å². The van der Waals surface area contributed by atoms with Crippen molar-refractivity contribution in [3.05, 3.63) is 66.0 Å². The fourth-order valence-electron chi connectivity index (χ4n) is 3.74. The molecule has 9 nitrogen and oxygen atoms in total. The quantitative estimate of drug-likeness (QED) is 0.514. The molecule has 1 aromatic heterocycles. The molecule has 1 aliphatic heterocycles. The smallest absolute Gasteiger partial charge is 0.427 e. The summed E-state index contributed by atoms with van der Waals surface area (Å²) in [5.74, 6) is -2.00. The first-order valence-electron chi connectivity index (χ1n) is 11.0. The number of nitrogens with zero attached hydrogens (tertiary/aromatic N) is 3. The molecule has 0 bridgehead atoms. The Labute approximate surface area is 199 Å². The fourth-order valence-corrected chi connectivity index (χ4v) is 3.74. The Morgan fingerprint density at radius 2 is 1.85 bits per heavy atom. The van der Waals surface area contributed by atoms with Gasteiger partial charge in [0.15, 0.2) is 0 Å². The number of nitrogens with one attached hydrogen (secondary N) is 1. The number of carbonyl (C=O) groups excluding carboxylic acids is 2. The Bertz CT molecular complexity index is 1050. The minimum absolute atomic E-state index is 0.186. The first-order chi connectivity index (χ1) is 16.0. The second-order valence-electron chi connectivity index (χ2n) is 9.25. The summed E-state index contributed by atoms with van der Waals surface area (Å²) < 4.78 is 5.27. The van der Waals surface area contributed by atoms with E-state index in [4.69, 9.17) is 4.74 Å². The molecular formula is C25H30N4O5. The number of anilines is 1. The van der Waals surface area contributed by atoms with Gasteiger partial charge in [-0.15, -0.1) is 0 Å². The van der Waals surface area contributed by atoms with Crippen LogP contribution in [0.25, 0.3) is 6.08 Å². The van der Waals surface area contributed by atoms with Gasteiger partial charge in [0.25, 0.3) is 5.91 Å². The van der Waals surface area contributed by atoms with E-state index in [2.05, 4.69) is 10.4 Å². The molecule has 0 radical (unpaired) electrons. The SMILES string of the molecule is CN1CC(C(=O)O)C(c2ccc(C=CC(=O)N(NC(=O)OC(C)(C)C)c3ccccc3)cn2)C1. The first kappa shape index (κ1) is 24.9. The predicted octanol–water partition coefficient (Wildman–Crippen LogP) is 3.30. The lowest BCUT2D eigenvalue weighted by molar-refractivity contribution is -0.141. The molecule has 2 unspecified atom stereocenters.